The Morgan fingerprint density at radius 1 is 0.675 bits per heavy atom. The van der Waals surface area contributed by atoms with Crippen molar-refractivity contribution in [2.24, 2.45) is 17.8 Å². The molecule has 3 aromatic rings. The predicted octanol–water partition coefficient (Wildman–Crippen LogP) is 10.4. The summed E-state index contributed by atoms with van der Waals surface area (Å²) in [5, 5.41) is 0. The highest BCUT2D eigenvalue weighted by atomic mass is 19.2. The van der Waals surface area contributed by atoms with Gasteiger partial charge in [0.05, 0.1) is 6.61 Å². The van der Waals surface area contributed by atoms with E-state index in [-0.39, 0.29) is 22.8 Å². The Bertz CT molecular complexity index is 1400. The second-order valence-corrected chi connectivity index (χ2v) is 11.9. The Morgan fingerprint density at radius 3 is 1.82 bits per heavy atom. The third-order valence-corrected chi connectivity index (χ3v) is 9.43. The largest absolute Gasteiger partial charge is 0.368 e. The van der Waals surface area contributed by atoms with Gasteiger partial charge in [-0.25, -0.2) is 17.6 Å². The maximum Gasteiger partial charge on any atom is 0.167 e. The van der Waals surface area contributed by atoms with E-state index in [2.05, 4.69) is 13.0 Å². The number of benzene rings is 3. The number of allylic oxidation sites excluding steroid dienone is 2. The van der Waals surface area contributed by atoms with Crippen LogP contribution in [0, 0.1) is 41.0 Å². The first kappa shape index (κ1) is 27.3. The van der Waals surface area contributed by atoms with E-state index in [0.717, 1.165) is 36.7 Å². The van der Waals surface area contributed by atoms with Gasteiger partial charge in [-0.3, -0.25) is 0 Å². The fraction of sp³-hybridized carbons (Fsp3) is 0.429. The molecule has 6 rings (SSSR count). The summed E-state index contributed by atoms with van der Waals surface area (Å²) in [5.41, 5.74) is 2.67. The third-order valence-electron chi connectivity index (χ3n) is 9.43. The SMILES string of the molecule is CCCC1CCC(C2CC=C(c3ccc(-c4ccc(-c5ccc(C6CO6)c(F)c5F)cc4)c(F)c3F)CC2)CC1. The number of hydrogen-bond donors (Lipinski definition) is 0. The first-order chi connectivity index (χ1) is 19.4. The molecule has 0 amide bonds. The molecule has 0 aromatic heterocycles. The molecular weight excluding hydrogens is 512 g/mol. The molecule has 1 nitrogen and oxygen atoms in total. The third kappa shape index (κ3) is 5.37. The van der Waals surface area contributed by atoms with Gasteiger partial charge in [-0.1, -0.05) is 87.2 Å². The minimum atomic E-state index is -0.936. The molecular formula is C35H36F4O. The zero-order valence-corrected chi connectivity index (χ0v) is 23.0. The molecule has 1 saturated carbocycles. The molecule has 0 spiro atoms. The lowest BCUT2D eigenvalue weighted by molar-refractivity contribution is 0.189. The molecule has 40 heavy (non-hydrogen) atoms. The van der Waals surface area contributed by atoms with Gasteiger partial charge in [0.2, 0.25) is 0 Å². The molecule has 1 aliphatic heterocycles. The molecule has 1 heterocycles. The quantitative estimate of drug-likeness (QED) is 0.211. The van der Waals surface area contributed by atoms with E-state index in [9.17, 15) is 8.78 Å². The van der Waals surface area contributed by atoms with E-state index in [1.54, 1.807) is 36.4 Å². The van der Waals surface area contributed by atoms with E-state index in [1.807, 2.05) is 0 Å². The Labute approximate surface area is 234 Å². The molecule has 2 aliphatic carbocycles. The molecule has 3 aromatic carbocycles. The van der Waals surface area contributed by atoms with Crippen molar-refractivity contribution < 1.29 is 22.3 Å². The fourth-order valence-corrected chi connectivity index (χ4v) is 7.00. The Kier molecular flexibility index (Phi) is 7.85. The van der Waals surface area contributed by atoms with E-state index in [1.165, 1.54) is 50.7 Å². The zero-order valence-electron chi connectivity index (χ0n) is 23.0. The average molecular weight is 549 g/mol. The molecule has 2 fully saturated rings. The number of epoxide rings is 1. The summed E-state index contributed by atoms with van der Waals surface area (Å²) in [6, 6.07) is 12.8. The highest BCUT2D eigenvalue weighted by molar-refractivity contribution is 5.74. The number of halogens is 4. The Balaban J connectivity index is 1.16. The smallest absolute Gasteiger partial charge is 0.167 e. The van der Waals surface area contributed by atoms with Gasteiger partial charge >= 0.3 is 0 Å². The molecule has 2 atom stereocenters. The van der Waals surface area contributed by atoms with Crippen molar-refractivity contribution >= 4 is 5.57 Å². The van der Waals surface area contributed by atoms with E-state index >= 15 is 8.78 Å². The number of hydrogen-bond acceptors (Lipinski definition) is 1. The summed E-state index contributed by atoms with van der Waals surface area (Å²) in [4.78, 5) is 0. The van der Waals surface area contributed by atoms with Crippen LogP contribution >= 0.6 is 0 Å². The lowest BCUT2D eigenvalue weighted by atomic mass is 9.70. The maximum atomic E-state index is 15.3. The topological polar surface area (TPSA) is 12.5 Å². The molecule has 0 bridgehead atoms. The van der Waals surface area contributed by atoms with Crippen molar-refractivity contribution in [1.82, 2.24) is 0 Å². The highest BCUT2D eigenvalue weighted by Crippen LogP contribution is 2.43. The number of rotatable bonds is 7. The van der Waals surface area contributed by atoms with Gasteiger partial charge in [-0.05, 0) is 66.6 Å². The van der Waals surface area contributed by atoms with E-state index < -0.39 is 23.3 Å². The zero-order chi connectivity index (χ0) is 27.8. The summed E-state index contributed by atoms with van der Waals surface area (Å²) in [5.74, 6) is -1.25. The summed E-state index contributed by atoms with van der Waals surface area (Å²) < 4.78 is 64.9. The van der Waals surface area contributed by atoms with Crippen molar-refractivity contribution in [3.63, 3.8) is 0 Å². The van der Waals surface area contributed by atoms with Crippen LogP contribution < -0.4 is 0 Å². The Hall–Kier alpha value is -2.92. The van der Waals surface area contributed by atoms with Crippen molar-refractivity contribution in [3.05, 3.63) is 89.0 Å². The van der Waals surface area contributed by atoms with Crippen LogP contribution in [0.15, 0.2) is 54.6 Å². The second kappa shape index (κ2) is 11.5. The van der Waals surface area contributed by atoms with Crippen LogP contribution in [0.5, 0.6) is 0 Å². The van der Waals surface area contributed by atoms with Crippen LogP contribution in [0.1, 0.15) is 81.9 Å². The maximum absolute atomic E-state index is 15.3. The lowest BCUT2D eigenvalue weighted by Gasteiger charge is -2.35. The average Bonchev–Trinajstić information content (AvgIpc) is 3.82. The van der Waals surface area contributed by atoms with Gasteiger partial charge in [0.25, 0.3) is 0 Å². The van der Waals surface area contributed by atoms with Gasteiger partial charge in [0.15, 0.2) is 23.3 Å². The fourth-order valence-electron chi connectivity index (χ4n) is 7.00. The summed E-state index contributed by atoms with van der Waals surface area (Å²) in [7, 11) is 0. The van der Waals surface area contributed by atoms with Gasteiger partial charge in [0, 0.05) is 22.3 Å². The summed E-state index contributed by atoms with van der Waals surface area (Å²) in [6.45, 7) is 2.66. The van der Waals surface area contributed by atoms with Crippen LogP contribution in [0.4, 0.5) is 17.6 Å². The van der Waals surface area contributed by atoms with Crippen molar-refractivity contribution in [3.8, 4) is 22.3 Å². The summed E-state index contributed by atoms with van der Waals surface area (Å²) in [6.07, 6.45) is 12.4. The van der Waals surface area contributed by atoms with Gasteiger partial charge in [0.1, 0.15) is 6.10 Å². The monoisotopic (exact) mass is 548 g/mol. The van der Waals surface area contributed by atoms with E-state index in [4.69, 9.17) is 4.74 Å². The second-order valence-electron chi connectivity index (χ2n) is 11.9. The molecule has 2 unspecified atom stereocenters. The minimum Gasteiger partial charge on any atom is -0.368 e. The first-order valence-corrected chi connectivity index (χ1v) is 14.8. The standard InChI is InChI=1S/C35H36F4O/c1-2-3-21-4-6-22(7-5-21)23-8-10-24(11-9-23)27-16-17-28(33(37)32(27)36)25-12-14-26(15-13-25)29-18-19-30(31-20-40-31)35(39)34(29)38/h10,12-19,21-23,31H,2-9,11,20H2,1H3. The lowest BCUT2D eigenvalue weighted by Crippen LogP contribution is -2.23. The molecule has 5 heteroatoms. The number of ether oxygens (including phenoxy) is 1. The normalized spacial score (nSPS) is 24.6. The van der Waals surface area contributed by atoms with Crippen LogP contribution in [-0.2, 0) is 4.74 Å². The van der Waals surface area contributed by atoms with Crippen LogP contribution in [0.2, 0.25) is 0 Å². The van der Waals surface area contributed by atoms with E-state index in [0.29, 0.717) is 29.2 Å². The van der Waals surface area contributed by atoms with Crippen LogP contribution in [-0.4, -0.2) is 6.61 Å². The summed E-state index contributed by atoms with van der Waals surface area (Å²) >= 11 is 0. The van der Waals surface area contributed by atoms with Gasteiger partial charge < -0.3 is 4.74 Å². The first-order valence-electron chi connectivity index (χ1n) is 14.8. The Morgan fingerprint density at radius 2 is 1.25 bits per heavy atom. The van der Waals surface area contributed by atoms with Crippen LogP contribution in [0.3, 0.4) is 0 Å². The van der Waals surface area contributed by atoms with Gasteiger partial charge in [-0.2, -0.15) is 0 Å². The predicted molar refractivity (Wildman–Crippen MR) is 152 cm³/mol. The molecule has 210 valence electrons. The molecule has 0 radical (unpaired) electrons. The van der Waals surface area contributed by atoms with Crippen molar-refractivity contribution in [2.45, 2.75) is 70.8 Å². The van der Waals surface area contributed by atoms with Crippen LogP contribution in [0.25, 0.3) is 27.8 Å². The highest BCUT2D eigenvalue weighted by Gasteiger charge is 2.31. The van der Waals surface area contributed by atoms with Crippen molar-refractivity contribution in [2.75, 3.05) is 6.61 Å². The van der Waals surface area contributed by atoms with Gasteiger partial charge in [-0.15, -0.1) is 0 Å². The molecule has 3 aliphatic rings. The molecule has 0 N–H and O–H groups in total. The van der Waals surface area contributed by atoms with Crippen molar-refractivity contribution in [1.29, 1.82) is 0 Å². The minimum absolute atomic E-state index is 0.118. The molecule has 1 saturated heterocycles.